The number of benzene rings is 1. The zero-order chi connectivity index (χ0) is 15.6. The normalized spacial score (nSPS) is 10.7. The van der Waals surface area contributed by atoms with Gasteiger partial charge in [0.05, 0.1) is 12.1 Å². The molecule has 1 aromatic carbocycles. The first-order chi connectivity index (χ1) is 9.92. The van der Waals surface area contributed by atoms with E-state index in [2.05, 4.69) is 10.4 Å². The summed E-state index contributed by atoms with van der Waals surface area (Å²) in [6, 6.07) is 4.99. The van der Waals surface area contributed by atoms with Crippen molar-refractivity contribution in [3.8, 4) is 5.75 Å². The molecule has 0 saturated carbocycles. The van der Waals surface area contributed by atoms with Gasteiger partial charge in [-0.2, -0.15) is 5.10 Å². The Labute approximate surface area is 124 Å². The molecule has 1 heterocycles. The van der Waals surface area contributed by atoms with Crippen LogP contribution in [0.25, 0.3) is 0 Å². The summed E-state index contributed by atoms with van der Waals surface area (Å²) >= 11 is 0. The summed E-state index contributed by atoms with van der Waals surface area (Å²) in [6.07, 6.45) is 1.05. The second-order valence-electron chi connectivity index (χ2n) is 5.19. The molecule has 0 fully saturated rings. The molecule has 0 radical (unpaired) electrons. The van der Waals surface area contributed by atoms with E-state index in [-0.39, 0.29) is 11.7 Å². The smallest absolute Gasteiger partial charge is 0.228 e. The first-order valence-corrected chi connectivity index (χ1v) is 7.03. The van der Waals surface area contributed by atoms with Gasteiger partial charge >= 0.3 is 0 Å². The molecule has 0 atom stereocenters. The minimum atomic E-state index is -0.0745. The highest BCUT2D eigenvalue weighted by Gasteiger charge is 2.14. The molecule has 0 spiro atoms. The van der Waals surface area contributed by atoms with Crippen molar-refractivity contribution < 1.29 is 9.90 Å². The van der Waals surface area contributed by atoms with Crippen LogP contribution in [0.4, 0.5) is 5.69 Å². The highest BCUT2D eigenvalue weighted by molar-refractivity contribution is 5.93. The van der Waals surface area contributed by atoms with Crippen LogP contribution >= 0.6 is 0 Å². The fourth-order valence-corrected chi connectivity index (χ4v) is 2.42. The molecule has 112 valence electrons. The topological polar surface area (TPSA) is 67.2 Å². The van der Waals surface area contributed by atoms with Gasteiger partial charge in [-0.05, 0) is 44.0 Å². The Hall–Kier alpha value is -2.30. The van der Waals surface area contributed by atoms with Crippen molar-refractivity contribution in [3.05, 3.63) is 40.7 Å². The van der Waals surface area contributed by atoms with Crippen LogP contribution in [-0.4, -0.2) is 20.8 Å². The number of phenols is 1. The fraction of sp³-hybridized carbons (Fsp3) is 0.375. The van der Waals surface area contributed by atoms with E-state index in [0.717, 1.165) is 34.6 Å². The number of aryl methyl sites for hydroxylation is 3. The van der Waals surface area contributed by atoms with Crippen LogP contribution in [0.1, 0.15) is 29.4 Å². The van der Waals surface area contributed by atoms with Crippen molar-refractivity contribution in [3.63, 3.8) is 0 Å². The zero-order valence-corrected chi connectivity index (χ0v) is 12.9. The monoisotopic (exact) mass is 287 g/mol. The maximum Gasteiger partial charge on any atom is 0.228 e. The lowest BCUT2D eigenvalue weighted by Crippen LogP contribution is -2.16. The van der Waals surface area contributed by atoms with Gasteiger partial charge in [-0.1, -0.05) is 6.92 Å². The van der Waals surface area contributed by atoms with E-state index < -0.39 is 0 Å². The third kappa shape index (κ3) is 3.24. The Morgan fingerprint density at radius 3 is 2.67 bits per heavy atom. The summed E-state index contributed by atoms with van der Waals surface area (Å²) < 4.78 is 1.79. The average Bonchev–Trinajstić information content (AvgIpc) is 2.67. The third-order valence-electron chi connectivity index (χ3n) is 3.74. The minimum Gasteiger partial charge on any atom is -0.508 e. The SMILES string of the molecule is CCc1cc(O)ccc1NC(=O)Cc1c(C)nn(C)c1C. The van der Waals surface area contributed by atoms with Crippen molar-refractivity contribution in [2.75, 3.05) is 5.32 Å². The summed E-state index contributed by atoms with van der Waals surface area (Å²) in [5.41, 5.74) is 4.52. The highest BCUT2D eigenvalue weighted by Crippen LogP contribution is 2.22. The van der Waals surface area contributed by atoms with Gasteiger partial charge in [-0.15, -0.1) is 0 Å². The molecule has 0 bridgehead atoms. The van der Waals surface area contributed by atoms with Crippen molar-refractivity contribution in [1.82, 2.24) is 9.78 Å². The van der Waals surface area contributed by atoms with Crippen molar-refractivity contribution >= 4 is 11.6 Å². The van der Waals surface area contributed by atoms with Gasteiger partial charge in [-0.25, -0.2) is 0 Å². The van der Waals surface area contributed by atoms with Crippen LogP contribution in [0.5, 0.6) is 5.75 Å². The van der Waals surface area contributed by atoms with Gasteiger partial charge in [-0.3, -0.25) is 9.48 Å². The van der Waals surface area contributed by atoms with E-state index in [1.54, 1.807) is 22.9 Å². The summed E-state index contributed by atoms with van der Waals surface area (Å²) in [4.78, 5) is 12.2. The number of carbonyl (C=O) groups excluding carboxylic acids is 1. The number of nitrogens with one attached hydrogen (secondary N) is 1. The Kier molecular flexibility index (Phi) is 4.31. The lowest BCUT2D eigenvalue weighted by atomic mass is 10.1. The largest absolute Gasteiger partial charge is 0.508 e. The standard InChI is InChI=1S/C16H21N3O2/c1-5-12-8-13(20)6-7-15(12)17-16(21)9-14-10(2)18-19(4)11(14)3/h6-8,20H,5,9H2,1-4H3,(H,17,21). The van der Waals surface area contributed by atoms with Gasteiger partial charge in [0, 0.05) is 24.0 Å². The molecule has 0 unspecified atom stereocenters. The number of nitrogens with zero attached hydrogens (tertiary/aromatic N) is 2. The quantitative estimate of drug-likeness (QED) is 0.849. The predicted molar refractivity (Wildman–Crippen MR) is 82.5 cm³/mol. The van der Waals surface area contributed by atoms with Crippen LogP contribution in [0, 0.1) is 13.8 Å². The predicted octanol–water partition coefficient (Wildman–Crippen LogP) is 2.49. The van der Waals surface area contributed by atoms with Crippen LogP contribution in [0.15, 0.2) is 18.2 Å². The maximum atomic E-state index is 12.2. The summed E-state index contributed by atoms with van der Waals surface area (Å²) in [6.45, 7) is 5.86. The Morgan fingerprint density at radius 1 is 1.38 bits per heavy atom. The number of amides is 1. The van der Waals surface area contributed by atoms with Gasteiger partial charge in [0.1, 0.15) is 5.75 Å². The molecule has 21 heavy (non-hydrogen) atoms. The Balaban J connectivity index is 2.15. The van der Waals surface area contributed by atoms with E-state index in [4.69, 9.17) is 0 Å². The van der Waals surface area contributed by atoms with Crippen LogP contribution < -0.4 is 5.32 Å². The van der Waals surface area contributed by atoms with E-state index in [9.17, 15) is 9.90 Å². The lowest BCUT2D eigenvalue weighted by Gasteiger charge is -2.10. The average molecular weight is 287 g/mol. The van der Waals surface area contributed by atoms with Crippen molar-refractivity contribution in [1.29, 1.82) is 0 Å². The van der Waals surface area contributed by atoms with E-state index >= 15 is 0 Å². The summed E-state index contributed by atoms with van der Waals surface area (Å²) in [5, 5.41) is 16.7. The molecule has 1 amide bonds. The number of aromatic nitrogens is 2. The molecule has 5 heteroatoms. The Bertz CT molecular complexity index is 674. The summed E-state index contributed by atoms with van der Waals surface area (Å²) in [7, 11) is 1.87. The molecular weight excluding hydrogens is 266 g/mol. The molecule has 2 N–H and O–H groups in total. The second kappa shape index (κ2) is 5.99. The van der Waals surface area contributed by atoms with Gasteiger partial charge in [0.15, 0.2) is 0 Å². The van der Waals surface area contributed by atoms with E-state index in [1.807, 2.05) is 27.8 Å². The molecule has 0 aliphatic carbocycles. The van der Waals surface area contributed by atoms with Crippen LogP contribution in [0.2, 0.25) is 0 Å². The number of hydrogen-bond acceptors (Lipinski definition) is 3. The van der Waals surface area contributed by atoms with Gasteiger partial charge in [0.25, 0.3) is 0 Å². The first kappa shape index (κ1) is 15.1. The molecule has 1 aromatic heterocycles. The molecule has 2 rings (SSSR count). The fourth-order valence-electron chi connectivity index (χ4n) is 2.42. The number of aromatic hydroxyl groups is 1. The van der Waals surface area contributed by atoms with E-state index in [1.165, 1.54) is 0 Å². The third-order valence-corrected chi connectivity index (χ3v) is 3.74. The van der Waals surface area contributed by atoms with Crippen molar-refractivity contribution in [2.24, 2.45) is 7.05 Å². The maximum absolute atomic E-state index is 12.2. The molecule has 0 aliphatic rings. The number of carbonyl (C=O) groups is 1. The number of rotatable bonds is 4. The molecule has 0 saturated heterocycles. The van der Waals surface area contributed by atoms with E-state index in [0.29, 0.717) is 6.42 Å². The van der Waals surface area contributed by atoms with Crippen molar-refractivity contribution in [2.45, 2.75) is 33.6 Å². The molecule has 5 nitrogen and oxygen atoms in total. The zero-order valence-electron chi connectivity index (χ0n) is 12.9. The first-order valence-electron chi connectivity index (χ1n) is 7.03. The van der Waals surface area contributed by atoms with Gasteiger partial charge in [0.2, 0.25) is 5.91 Å². The molecule has 2 aromatic rings. The number of phenolic OH excluding ortho intramolecular Hbond substituents is 1. The number of anilines is 1. The van der Waals surface area contributed by atoms with Crippen LogP contribution in [0.3, 0.4) is 0 Å². The summed E-state index contributed by atoms with van der Waals surface area (Å²) in [5.74, 6) is 0.137. The molecular formula is C16H21N3O2. The second-order valence-corrected chi connectivity index (χ2v) is 5.19. The number of hydrogen-bond donors (Lipinski definition) is 2. The Morgan fingerprint density at radius 2 is 2.10 bits per heavy atom. The highest BCUT2D eigenvalue weighted by atomic mass is 16.3. The molecule has 0 aliphatic heterocycles. The minimum absolute atomic E-state index is 0.0745. The lowest BCUT2D eigenvalue weighted by molar-refractivity contribution is -0.115. The van der Waals surface area contributed by atoms with Crippen LogP contribution in [-0.2, 0) is 24.7 Å². The van der Waals surface area contributed by atoms with Gasteiger partial charge < -0.3 is 10.4 Å².